The summed E-state index contributed by atoms with van der Waals surface area (Å²) >= 11 is -0.826. The molecule has 0 amide bonds. The van der Waals surface area contributed by atoms with Crippen LogP contribution in [0, 0.1) is 10.1 Å². The molecule has 0 spiro atoms. The number of phenolic OH excluding ortho intramolecular Hbond substituents is 1. The summed E-state index contributed by atoms with van der Waals surface area (Å²) in [7, 11) is 7.99. The third kappa shape index (κ3) is 7.77. The number of hydrogen-bond acceptors (Lipinski definition) is 4. The molecular weight excluding hydrogens is 446 g/mol. The summed E-state index contributed by atoms with van der Waals surface area (Å²) in [4.78, 5) is 15.1. The van der Waals surface area contributed by atoms with Crippen molar-refractivity contribution in [3.05, 3.63) is 27.8 Å². The second-order valence-corrected chi connectivity index (χ2v) is 15.0. The number of nitro groups is 1. The van der Waals surface area contributed by atoms with Crippen molar-refractivity contribution in [3.8, 4) is 5.75 Å². The molecule has 0 radical (unpaired) electrons. The summed E-state index contributed by atoms with van der Waals surface area (Å²) in [6, 6.07) is 3.07. The summed E-state index contributed by atoms with van der Waals surface area (Å²) in [6.07, 6.45) is 3.39. The first-order valence-electron chi connectivity index (χ1n) is 7.63. The molecule has 0 aromatic heterocycles. The average molecular weight is 471 g/mol. The third-order valence-electron chi connectivity index (χ3n) is 3.51. The normalized spacial score (nSPS) is 11.3. The molecule has 9 heteroatoms. The molecule has 1 aromatic rings. The molecule has 1 aromatic carbocycles. The van der Waals surface area contributed by atoms with E-state index in [-0.39, 0.29) is 17.5 Å². The van der Waals surface area contributed by atoms with Gasteiger partial charge in [0.1, 0.15) is 5.75 Å². The number of rotatable bonds is 6. The zero-order valence-electron chi connectivity index (χ0n) is 14.6. The van der Waals surface area contributed by atoms with E-state index in [2.05, 4.69) is 4.99 Å². The molecule has 0 fully saturated rings. The maximum atomic E-state index is 11.1. The second-order valence-electron chi connectivity index (χ2n) is 6.26. The number of non-ortho nitro benzene ring substituents is 1. The summed E-state index contributed by atoms with van der Waals surface area (Å²) in [6.45, 7) is 10.2. The summed E-state index contributed by atoms with van der Waals surface area (Å²) < 4.78 is 0. The van der Waals surface area contributed by atoms with Gasteiger partial charge in [0.05, 0.1) is 13.0 Å². The van der Waals surface area contributed by atoms with Gasteiger partial charge in [0, 0.05) is 30.0 Å². The number of aromatic hydroxyl groups is 1. The van der Waals surface area contributed by atoms with Crippen molar-refractivity contribution in [2.75, 3.05) is 0 Å². The van der Waals surface area contributed by atoms with Gasteiger partial charge in [0.25, 0.3) is 5.69 Å². The second kappa shape index (κ2) is 11.4. The topological polar surface area (TPSA) is 75.7 Å². The van der Waals surface area contributed by atoms with Crippen LogP contribution in [0.2, 0.25) is 19.6 Å². The molecule has 5 nitrogen and oxygen atoms in total. The van der Waals surface area contributed by atoms with Crippen molar-refractivity contribution in [3.63, 3.8) is 0 Å². The molecule has 0 aliphatic rings. The van der Waals surface area contributed by atoms with Crippen LogP contribution in [0.25, 0.3) is 0 Å². The van der Waals surface area contributed by atoms with Gasteiger partial charge in [-0.15, -0.1) is 0 Å². The predicted octanol–water partition coefficient (Wildman–Crippen LogP) is 4.83. The van der Waals surface area contributed by atoms with Gasteiger partial charge in [-0.05, 0) is 18.0 Å². The van der Waals surface area contributed by atoms with Crippen molar-refractivity contribution in [1.29, 1.82) is 0 Å². The fraction of sp³-hybridized carbons (Fsp3) is 0.533. The Morgan fingerprint density at radius 1 is 1.33 bits per heavy atom. The predicted molar refractivity (Wildman–Crippen MR) is 101 cm³/mol. The first-order chi connectivity index (χ1) is 11.1. The van der Waals surface area contributed by atoms with Crippen molar-refractivity contribution in [2.24, 2.45) is 4.99 Å². The van der Waals surface area contributed by atoms with Crippen molar-refractivity contribution in [1.82, 2.24) is 0 Å². The van der Waals surface area contributed by atoms with E-state index in [1.165, 1.54) is 12.1 Å². The fourth-order valence-corrected chi connectivity index (χ4v) is 3.54. The summed E-state index contributed by atoms with van der Waals surface area (Å²) in [5.74, 6) is 0.134. The van der Waals surface area contributed by atoms with Crippen molar-refractivity contribution < 1.29 is 30.9 Å². The number of phenols is 1. The van der Waals surface area contributed by atoms with E-state index < -0.39 is 33.8 Å². The Morgan fingerprint density at radius 2 is 1.83 bits per heavy atom. The van der Waals surface area contributed by atoms with E-state index >= 15 is 0 Å². The van der Waals surface area contributed by atoms with E-state index in [0.717, 1.165) is 12.8 Å². The molecule has 0 saturated carbocycles. The average Bonchev–Trinajstić information content (AvgIpc) is 2.49. The van der Waals surface area contributed by atoms with E-state index in [9.17, 15) is 15.2 Å². The van der Waals surface area contributed by atoms with Gasteiger partial charge in [-0.2, -0.15) is 0 Å². The molecule has 0 saturated heterocycles. The van der Waals surface area contributed by atoms with Gasteiger partial charge in [-0.3, -0.25) is 15.1 Å². The Kier molecular flexibility index (Phi) is 11.3. The monoisotopic (exact) mass is 468 g/mol. The minimum absolute atomic E-state index is 0.0104. The number of benzene rings is 1. The molecule has 0 bridgehead atoms. The Balaban J connectivity index is 0.00000163. The molecule has 0 aliphatic heterocycles. The molecule has 0 heterocycles. The molecule has 24 heavy (non-hydrogen) atoms. The van der Waals surface area contributed by atoms with Gasteiger partial charge in [-0.1, -0.05) is 33.5 Å². The Bertz CT molecular complexity index is 577. The number of halogens is 2. The number of aliphatic imine (C=N–C) groups is 1. The summed E-state index contributed by atoms with van der Waals surface area (Å²) in [5, 5.41) is 22.2. The van der Waals surface area contributed by atoms with Gasteiger partial charge in [0.2, 0.25) is 0 Å². The van der Waals surface area contributed by atoms with Crippen molar-refractivity contribution >= 4 is 42.2 Å². The van der Waals surface area contributed by atoms with Crippen LogP contribution in [-0.4, -0.2) is 30.4 Å². The van der Waals surface area contributed by atoms with E-state index in [1.807, 2.05) is 33.5 Å². The first kappa shape index (κ1) is 23.8. The zero-order chi connectivity index (χ0) is 18.9. The molecular formula is C15H24Cl2N2O3SiZr. The molecule has 1 N–H and O–H groups in total. The number of nitrogens with zero attached hydrogens (tertiary/aromatic N) is 2. The van der Waals surface area contributed by atoms with E-state index in [4.69, 9.17) is 17.0 Å². The maximum absolute atomic E-state index is 11.1. The van der Waals surface area contributed by atoms with Crippen LogP contribution in [0.5, 0.6) is 5.75 Å². The molecule has 1 rings (SSSR count). The Morgan fingerprint density at radius 3 is 2.21 bits per heavy atom. The van der Waals surface area contributed by atoms with Crippen LogP contribution in [0.15, 0.2) is 17.1 Å². The van der Waals surface area contributed by atoms with Crippen molar-refractivity contribution in [2.45, 2.75) is 52.4 Å². The molecule has 0 unspecified atom stereocenters. The standard InChI is InChI=1S/C15H24N2O3Si.2ClH.Zr/c1-6-12(7-2)16-10-11-8-13(17(19)20)9-14(15(11)18)21(3,4)5;;;/h8-10,12,18H,6-7H2,1-5H3;2*1H;/q;;;+2/p-2. The van der Waals surface area contributed by atoms with E-state index in [0.29, 0.717) is 10.8 Å². The van der Waals surface area contributed by atoms with Gasteiger partial charge < -0.3 is 5.11 Å². The molecule has 0 aliphatic carbocycles. The SMILES string of the molecule is CCC(CC)N=Cc1cc([N+](=O)[O-])cc([Si](C)(C)C)c1O.[Cl][Zr][Cl]. The third-order valence-corrected chi connectivity index (χ3v) is 5.51. The quantitative estimate of drug-likeness (QED) is 0.280. The number of hydrogen-bond donors (Lipinski definition) is 1. The van der Waals surface area contributed by atoms with E-state index in [1.54, 1.807) is 6.21 Å². The number of nitro benzene ring substituents is 1. The fourth-order valence-electron chi connectivity index (χ4n) is 2.10. The summed E-state index contributed by atoms with van der Waals surface area (Å²) in [5.41, 5.74) is 0.449. The minimum atomic E-state index is -1.88. The van der Waals surface area contributed by atoms with Crippen LogP contribution in [0.4, 0.5) is 5.69 Å². The Labute approximate surface area is 163 Å². The van der Waals surface area contributed by atoms with Crippen LogP contribution in [0.3, 0.4) is 0 Å². The Hall–Kier alpha value is -0.230. The van der Waals surface area contributed by atoms with Gasteiger partial charge in [-0.25, -0.2) is 0 Å². The van der Waals surface area contributed by atoms with Gasteiger partial charge in [0.15, 0.2) is 0 Å². The van der Waals surface area contributed by atoms with Crippen LogP contribution >= 0.6 is 17.0 Å². The van der Waals surface area contributed by atoms with Crippen LogP contribution < -0.4 is 5.19 Å². The van der Waals surface area contributed by atoms with Crippen LogP contribution in [0.1, 0.15) is 32.3 Å². The van der Waals surface area contributed by atoms with Gasteiger partial charge >= 0.3 is 37.9 Å². The molecule has 134 valence electrons. The molecule has 0 atom stereocenters. The zero-order valence-corrected chi connectivity index (χ0v) is 19.6. The first-order valence-corrected chi connectivity index (χ1v) is 17.5. The van der Waals surface area contributed by atoms with Crippen LogP contribution in [-0.2, 0) is 20.8 Å².